The van der Waals surface area contributed by atoms with Crippen molar-refractivity contribution in [3.8, 4) is 0 Å². The minimum Gasteiger partial charge on any atom is -0.480 e. The minimum absolute atomic E-state index is 0.375. The second-order valence-corrected chi connectivity index (χ2v) is 6.08. The first-order chi connectivity index (χ1) is 10.2. The highest BCUT2D eigenvalue weighted by atomic mass is 16.5. The number of hydrogen-bond acceptors (Lipinski definition) is 6. The second-order valence-electron chi connectivity index (χ2n) is 6.08. The normalized spacial score (nSPS) is 32.6. The topological polar surface area (TPSA) is 113 Å². The summed E-state index contributed by atoms with van der Waals surface area (Å²) in [5, 5.41) is 25.8. The SMILES string of the molecule is O=C(O)[C@H]1C[C@@H]2C[C@H](COCc3nn[nH]n3)CC[C@@H]2CN1. The Morgan fingerprint density at radius 2 is 2.24 bits per heavy atom. The number of carboxylic acids is 1. The highest BCUT2D eigenvalue weighted by Gasteiger charge is 2.37. The van der Waals surface area contributed by atoms with E-state index in [0.29, 0.717) is 36.8 Å². The van der Waals surface area contributed by atoms with E-state index in [9.17, 15) is 4.79 Å². The Morgan fingerprint density at radius 1 is 1.33 bits per heavy atom. The molecule has 21 heavy (non-hydrogen) atoms. The summed E-state index contributed by atoms with van der Waals surface area (Å²) in [6.45, 7) is 1.89. The molecule has 0 radical (unpaired) electrons. The van der Waals surface area contributed by atoms with Crippen LogP contribution in [0.5, 0.6) is 0 Å². The van der Waals surface area contributed by atoms with Gasteiger partial charge in [0.25, 0.3) is 0 Å². The minimum atomic E-state index is -0.732. The molecular weight excluding hydrogens is 274 g/mol. The summed E-state index contributed by atoms with van der Waals surface area (Å²) in [5.74, 6) is 1.46. The number of aromatic nitrogens is 4. The predicted octanol–water partition coefficient (Wildman–Crippen LogP) is 0.195. The maximum atomic E-state index is 11.1. The zero-order valence-electron chi connectivity index (χ0n) is 11.9. The lowest BCUT2D eigenvalue weighted by molar-refractivity contribution is -0.141. The molecular formula is C13H21N5O3. The highest BCUT2D eigenvalue weighted by molar-refractivity contribution is 5.73. The maximum Gasteiger partial charge on any atom is 0.320 e. The van der Waals surface area contributed by atoms with Crippen molar-refractivity contribution in [1.82, 2.24) is 25.9 Å². The van der Waals surface area contributed by atoms with Crippen LogP contribution in [0, 0.1) is 17.8 Å². The number of aliphatic carboxylic acids is 1. The lowest BCUT2D eigenvalue weighted by Crippen LogP contribution is -2.49. The molecule has 4 atom stereocenters. The van der Waals surface area contributed by atoms with Crippen LogP contribution in [0.1, 0.15) is 31.5 Å². The van der Waals surface area contributed by atoms with Crippen LogP contribution in [0.15, 0.2) is 0 Å². The van der Waals surface area contributed by atoms with Gasteiger partial charge in [-0.3, -0.25) is 4.79 Å². The molecule has 1 aliphatic carbocycles. The van der Waals surface area contributed by atoms with E-state index in [1.165, 1.54) is 0 Å². The van der Waals surface area contributed by atoms with Crippen LogP contribution in [0.25, 0.3) is 0 Å². The van der Waals surface area contributed by atoms with Crippen LogP contribution in [0.3, 0.4) is 0 Å². The molecule has 116 valence electrons. The molecule has 0 aromatic carbocycles. The monoisotopic (exact) mass is 295 g/mol. The van der Waals surface area contributed by atoms with Crippen molar-refractivity contribution in [3.63, 3.8) is 0 Å². The third-order valence-electron chi connectivity index (χ3n) is 4.69. The highest BCUT2D eigenvalue weighted by Crippen LogP contribution is 2.38. The number of hydrogen-bond donors (Lipinski definition) is 3. The third-order valence-corrected chi connectivity index (χ3v) is 4.69. The summed E-state index contributed by atoms with van der Waals surface area (Å²) >= 11 is 0. The number of aromatic amines is 1. The number of H-pyrrole nitrogens is 1. The summed E-state index contributed by atoms with van der Waals surface area (Å²) in [5.41, 5.74) is 0. The Morgan fingerprint density at radius 3 is 3.00 bits per heavy atom. The molecule has 3 rings (SSSR count). The fraction of sp³-hybridized carbons (Fsp3) is 0.846. The standard InChI is InChI=1S/C13H21N5O3/c19-13(20)11-4-10-3-8(1-2-9(10)5-14-11)6-21-7-12-15-17-18-16-12/h8-11,14H,1-7H2,(H,19,20)(H,15,16,17,18)/t8-,9-,10+,11-/m1/s1. The zero-order chi connectivity index (χ0) is 14.7. The number of fused-ring (bicyclic) bond motifs is 1. The molecule has 1 saturated carbocycles. The van der Waals surface area contributed by atoms with Crippen molar-refractivity contribution < 1.29 is 14.6 Å². The molecule has 2 aliphatic rings. The molecule has 0 amide bonds. The second kappa shape index (κ2) is 6.48. The number of piperidine rings is 1. The number of ether oxygens (including phenoxy) is 1. The van der Waals surface area contributed by atoms with Gasteiger partial charge in [0.1, 0.15) is 12.6 Å². The third kappa shape index (κ3) is 3.56. The summed E-state index contributed by atoms with van der Waals surface area (Å²) in [6.07, 6.45) is 4.09. The van der Waals surface area contributed by atoms with Gasteiger partial charge < -0.3 is 15.2 Å². The number of nitrogens with zero attached hydrogens (tertiary/aromatic N) is 3. The van der Waals surface area contributed by atoms with Gasteiger partial charge in [0, 0.05) is 0 Å². The number of tetrazole rings is 1. The molecule has 0 bridgehead atoms. The van der Waals surface area contributed by atoms with Crippen LogP contribution in [-0.4, -0.2) is 50.9 Å². The predicted molar refractivity (Wildman–Crippen MR) is 72.2 cm³/mol. The Bertz CT molecular complexity index is 466. The summed E-state index contributed by atoms with van der Waals surface area (Å²) in [7, 11) is 0. The Kier molecular flexibility index (Phi) is 4.45. The summed E-state index contributed by atoms with van der Waals surface area (Å²) < 4.78 is 5.65. The number of nitrogens with one attached hydrogen (secondary N) is 2. The van der Waals surface area contributed by atoms with Gasteiger partial charge in [0.2, 0.25) is 0 Å². The van der Waals surface area contributed by atoms with Gasteiger partial charge in [-0.05, 0) is 50.0 Å². The van der Waals surface area contributed by atoms with Gasteiger partial charge in [0.15, 0.2) is 5.82 Å². The molecule has 8 heteroatoms. The fourth-order valence-electron chi connectivity index (χ4n) is 3.56. The first-order valence-corrected chi connectivity index (χ1v) is 7.48. The van der Waals surface area contributed by atoms with Crippen LogP contribution >= 0.6 is 0 Å². The first kappa shape index (κ1) is 14.4. The molecule has 1 aromatic rings. The summed E-state index contributed by atoms with van der Waals surface area (Å²) in [4.78, 5) is 11.1. The van der Waals surface area contributed by atoms with E-state index >= 15 is 0 Å². The lowest BCUT2D eigenvalue weighted by atomic mass is 9.70. The lowest BCUT2D eigenvalue weighted by Gasteiger charge is -2.41. The molecule has 1 saturated heterocycles. The molecule has 0 unspecified atom stereocenters. The Labute approximate surface area is 122 Å². The van der Waals surface area contributed by atoms with E-state index in [4.69, 9.17) is 9.84 Å². The first-order valence-electron chi connectivity index (χ1n) is 7.48. The van der Waals surface area contributed by atoms with Crippen molar-refractivity contribution >= 4 is 5.97 Å². The van der Waals surface area contributed by atoms with Gasteiger partial charge >= 0.3 is 5.97 Å². The van der Waals surface area contributed by atoms with Crippen LogP contribution < -0.4 is 5.32 Å². The van der Waals surface area contributed by atoms with Gasteiger partial charge in [-0.15, -0.1) is 10.2 Å². The van der Waals surface area contributed by atoms with Crippen molar-refractivity contribution in [2.24, 2.45) is 17.8 Å². The largest absolute Gasteiger partial charge is 0.480 e. The van der Waals surface area contributed by atoms with E-state index < -0.39 is 5.97 Å². The molecule has 2 heterocycles. The van der Waals surface area contributed by atoms with Crippen LogP contribution in [-0.2, 0) is 16.1 Å². The molecule has 1 aromatic heterocycles. The average molecular weight is 295 g/mol. The zero-order valence-corrected chi connectivity index (χ0v) is 11.9. The van der Waals surface area contributed by atoms with Crippen LogP contribution in [0.2, 0.25) is 0 Å². The van der Waals surface area contributed by atoms with Crippen molar-refractivity contribution in [2.75, 3.05) is 13.2 Å². The average Bonchev–Trinajstić information content (AvgIpc) is 2.99. The maximum absolute atomic E-state index is 11.1. The van der Waals surface area contributed by atoms with E-state index in [-0.39, 0.29) is 6.04 Å². The van der Waals surface area contributed by atoms with E-state index in [0.717, 1.165) is 32.2 Å². The molecule has 1 aliphatic heterocycles. The smallest absolute Gasteiger partial charge is 0.320 e. The van der Waals surface area contributed by atoms with Gasteiger partial charge in [0.05, 0.1) is 6.61 Å². The summed E-state index contributed by atoms with van der Waals surface area (Å²) in [6, 6.07) is -0.384. The van der Waals surface area contributed by atoms with Crippen molar-refractivity contribution in [1.29, 1.82) is 0 Å². The molecule has 0 spiro atoms. The van der Waals surface area contributed by atoms with E-state index in [1.54, 1.807) is 0 Å². The quantitative estimate of drug-likeness (QED) is 0.711. The fourth-order valence-corrected chi connectivity index (χ4v) is 3.56. The molecule has 8 nitrogen and oxygen atoms in total. The van der Waals surface area contributed by atoms with Gasteiger partial charge in [-0.2, -0.15) is 5.21 Å². The molecule has 2 fully saturated rings. The van der Waals surface area contributed by atoms with Gasteiger partial charge in [-0.1, -0.05) is 5.21 Å². The van der Waals surface area contributed by atoms with Crippen molar-refractivity contribution in [2.45, 2.75) is 38.3 Å². The molecule has 3 N–H and O–H groups in total. The van der Waals surface area contributed by atoms with Gasteiger partial charge in [-0.25, -0.2) is 0 Å². The number of rotatable bonds is 5. The van der Waals surface area contributed by atoms with Crippen LogP contribution in [0.4, 0.5) is 0 Å². The Hall–Kier alpha value is -1.54. The number of carbonyl (C=O) groups is 1. The van der Waals surface area contributed by atoms with E-state index in [1.807, 2.05) is 0 Å². The Balaban J connectivity index is 1.45. The van der Waals surface area contributed by atoms with E-state index in [2.05, 4.69) is 25.9 Å². The van der Waals surface area contributed by atoms with Crippen molar-refractivity contribution in [3.05, 3.63) is 5.82 Å². The number of carboxylic acid groups (broad SMARTS) is 1.